The van der Waals surface area contributed by atoms with Crippen LogP contribution in [0.1, 0.15) is 41.5 Å². The van der Waals surface area contributed by atoms with Crippen LogP contribution >= 0.6 is 0 Å². The highest BCUT2D eigenvalue weighted by Gasteiger charge is 2.23. The van der Waals surface area contributed by atoms with E-state index in [4.69, 9.17) is 0 Å². The van der Waals surface area contributed by atoms with Gasteiger partial charge in [-0.15, -0.1) is 0 Å². The third-order valence-corrected chi connectivity index (χ3v) is 2.89. The lowest BCUT2D eigenvalue weighted by Gasteiger charge is -2.30. The summed E-state index contributed by atoms with van der Waals surface area (Å²) < 4.78 is 0. The average molecular weight is 140 g/mol. The van der Waals surface area contributed by atoms with Gasteiger partial charge < -0.3 is 0 Å². The molecule has 0 heteroatoms. The highest BCUT2D eigenvalue weighted by atomic mass is 14.3. The van der Waals surface area contributed by atoms with Gasteiger partial charge in [-0.1, -0.05) is 39.3 Å². The van der Waals surface area contributed by atoms with E-state index in [0.29, 0.717) is 5.41 Å². The number of rotatable bonds is 2. The summed E-state index contributed by atoms with van der Waals surface area (Å²) in [6.45, 7) is 13.5. The SMILES string of the molecule is CC=C(C)C(C)(C)C(C)C. The van der Waals surface area contributed by atoms with Crippen molar-refractivity contribution in [2.75, 3.05) is 0 Å². The van der Waals surface area contributed by atoms with Crippen molar-refractivity contribution in [1.82, 2.24) is 0 Å². The highest BCUT2D eigenvalue weighted by Crippen LogP contribution is 2.33. The Morgan fingerprint density at radius 3 is 1.80 bits per heavy atom. The molecule has 0 aliphatic rings. The summed E-state index contributed by atoms with van der Waals surface area (Å²) in [4.78, 5) is 0. The highest BCUT2D eigenvalue weighted by molar-refractivity contribution is 5.08. The fraction of sp³-hybridized carbons (Fsp3) is 0.800. The van der Waals surface area contributed by atoms with Crippen molar-refractivity contribution >= 4 is 0 Å². The van der Waals surface area contributed by atoms with Gasteiger partial charge in [0.2, 0.25) is 0 Å². The summed E-state index contributed by atoms with van der Waals surface area (Å²) >= 11 is 0. The second kappa shape index (κ2) is 3.23. The number of allylic oxidation sites excluding steroid dienone is 2. The summed E-state index contributed by atoms with van der Waals surface area (Å²) in [6.07, 6.45) is 2.21. The molecule has 0 atom stereocenters. The standard InChI is InChI=1S/C10H20/c1-7-9(4)10(5,6)8(2)3/h7-8H,1-6H3. The monoisotopic (exact) mass is 140 g/mol. The molecule has 0 radical (unpaired) electrons. The predicted octanol–water partition coefficient (Wildman–Crippen LogP) is 3.63. The van der Waals surface area contributed by atoms with Gasteiger partial charge >= 0.3 is 0 Å². The van der Waals surface area contributed by atoms with E-state index in [2.05, 4.69) is 47.6 Å². The van der Waals surface area contributed by atoms with E-state index in [9.17, 15) is 0 Å². The van der Waals surface area contributed by atoms with Gasteiger partial charge in [-0.2, -0.15) is 0 Å². The fourth-order valence-electron chi connectivity index (χ4n) is 0.827. The second-order valence-electron chi connectivity index (χ2n) is 3.85. The topological polar surface area (TPSA) is 0 Å². The predicted molar refractivity (Wildman–Crippen MR) is 48.1 cm³/mol. The van der Waals surface area contributed by atoms with Crippen LogP contribution in [0, 0.1) is 11.3 Å². The molecule has 0 fully saturated rings. The lowest BCUT2D eigenvalue weighted by molar-refractivity contribution is 0.309. The molecule has 0 aliphatic heterocycles. The largest absolute Gasteiger partial charge is 0.0882 e. The summed E-state index contributed by atoms with van der Waals surface area (Å²) in [5.41, 5.74) is 1.86. The van der Waals surface area contributed by atoms with Gasteiger partial charge in [-0.25, -0.2) is 0 Å². The Bertz CT molecular complexity index is 127. The van der Waals surface area contributed by atoms with Gasteiger partial charge in [0.15, 0.2) is 0 Å². The Hall–Kier alpha value is -0.260. The molecule has 0 nitrogen and oxygen atoms in total. The molecular weight excluding hydrogens is 120 g/mol. The molecule has 0 aromatic heterocycles. The molecule has 0 heterocycles. The molecule has 0 N–H and O–H groups in total. The van der Waals surface area contributed by atoms with Gasteiger partial charge in [0.05, 0.1) is 0 Å². The summed E-state index contributed by atoms with van der Waals surface area (Å²) in [7, 11) is 0. The maximum absolute atomic E-state index is 2.30. The Morgan fingerprint density at radius 2 is 1.70 bits per heavy atom. The molecule has 0 aromatic rings. The maximum Gasteiger partial charge on any atom is -0.0125 e. The molecule has 0 aromatic carbocycles. The summed E-state index contributed by atoms with van der Waals surface area (Å²) in [5, 5.41) is 0. The smallest absolute Gasteiger partial charge is 0.0125 e. The van der Waals surface area contributed by atoms with Crippen molar-refractivity contribution in [2.45, 2.75) is 41.5 Å². The Balaban J connectivity index is 4.40. The molecule has 60 valence electrons. The summed E-state index contributed by atoms with van der Waals surface area (Å²) in [5.74, 6) is 0.726. The van der Waals surface area contributed by atoms with E-state index in [1.807, 2.05) is 0 Å². The van der Waals surface area contributed by atoms with Crippen LogP contribution in [0.2, 0.25) is 0 Å². The van der Waals surface area contributed by atoms with E-state index in [0.717, 1.165) is 5.92 Å². The van der Waals surface area contributed by atoms with Crippen LogP contribution < -0.4 is 0 Å². The molecule has 0 saturated carbocycles. The molecule has 0 aliphatic carbocycles. The van der Waals surface area contributed by atoms with Crippen LogP contribution in [0.25, 0.3) is 0 Å². The first-order chi connectivity index (χ1) is 4.42. The first-order valence-corrected chi connectivity index (χ1v) is 4.06. The molecule has 0 unspecified atom stereocenters. The maximum atomic E-state index is 2.30. The van der Waals surface area contributed by atoms with E-state index in [1.165, 1.54) is 5.57 Å². The molecule has 0 spiro atoms. The van der Waals surface area contributed by atoms with Crippen molar-refractivity contribution in [3.8, 4) is 0 Å². The molecular formula is C10H20. The summed E-state index contributed by atoms with van der Waals surface area (Å²) in [6, 6.07) is 0. The van der Waals surface area contributed by atoms with E-state index >= 15 is 0 Å². The fourth-order valence-corrected chi connectivity index (χ4v) is 0.827. The molecule has 10 heavy (non-hydrogen) atoms. The third-order valence-electron chi connectivity index (χ3n) is 2.89. The molecule has 0 bridgehead atoms. The minimum atomic E-state index is 0.370. The Kier molecular flexibility index (Phi) is 3.14. The van der Waals surface area contributed by atoms with Gasteiger partial charge in [-0.3, -0.25) is 0 Å². The van der Waals surface area contributed by atoms with E-state index < -0.39 is 0 Å². The van der Waals surface area contributed by atoms with Gasteiger partial charge in [0, 0.05) is 0 Å². The van der Waals surface area contributed by atoms with Gasteiger partial charge in [-0.05, 0) is 25.2 Å². The quantitative estimate of drug-likeness (QED) is 0.514. The number of hydrogen-bond donors (Lipinski definition) is 0. The number of hydrogen-bond acceptors (Lipinski definition) is 0. The Morgan fingerprint density at radius 1 is 1.30 bits per heavy atom. The van der Waals surface area contributed by atoms with E-state index in [-0.39, 0.29) is 0 Å². The second-order valence-corrected chi connectivity index (χ2v) is 3.85. The van der Waals surface area contributed by atoms with Crippen molar-refractivity contribution in [3.63, 3.8) is 0 Å². The van der Waals surface area contributed by atoms with Crippen LogP contribution in [0.3, 0.4) is 0 Å². The van der Waals surface area contributed by atoms with Crippen LogP contribution in [0.4, 0.5) is 0 Å². The molecule has 0 rings (SSSR count). The van der Waals surface area contributed by atoms with Crippen LogP contribution in [0.15, 0.2) is 11.6 Å². The zero-order valence-electron chi connectivity index (χ0n) is 8.15. The first kappa shape index (κ1) is 9.74. The van der Waals surface area contributed by atoms with Crippen molar-refractivity contribution in [3.05, 3.63) is 11.6 Å². The average Bonchev–Trinajstić information content (AvgIpc) is 1.86. The normalized spacial score (nSPS) is 14.5. The van der Waals surface area contributed by atoms with Crippen molar-refractivity contribution in [2.24, 2.45) is 11.3 Å². The van der Waals surface area contributed by atoms with Crippen LogP contribution in [-0.4, -0.2) is 0 Å². The van der Waals surface area contributed by atoms with E-state index in [1.54, 1.807) is 0 Å². The Labute approximate surface area is 65.3 Å². The minimum absolute atomic E-state index is 0.370. The zero-order chi connectivity index (χ0) is 8.36. The van der Waals surface area contributed by atoms with Crippen molar-refractivity contribution < 1.29 is 0 Å². The molecule has 0 saturated heterocycles. The lowest BCUT2D eigenvalue weighted by atomic mass is 9.75. The first-order valence-electron chi connectivity index (χ1n) is 4.06. The van der Waals surface area contributed by atoms with Gasteiger partial charge in [0.25, 0.3) is 0 Å². The zero-order valence-corrected chi connectivity index (χ0v) is 8.15. The van der Waals surface area contributed by atoms with Crippen LogP contribution in [-0.2, 0) is 0 Å². The van der Waals surface area contributed by atoms with Gasteiger partial charge in [0.1, 0.15) is 0 Å². The molecule has 0 amide bonds. The minimum Gasteiger partial charge on any atom is -0.0882 e. The van der Waals surface area contributed by atoms with Crippen molar-refractivity contribution in [1.29, 1.82) is 0 Å². The third kappa shape index (κ3) is 1.86. The van der Waals surface area contributed by atoms with Crippen LogP contribution in [0.5, 0.6) is 0 Å². The lowest BCUT2D eigenvalue weighted by Crippen LogP contribution is -2.20.